The zero-order chi connectivity index (χ0) is 21.3. The van der Waals surface area contributed by atoms with Gasteiger partial charge in [0, 0.05) is 25.8 Å². The average molecular weight is 409 g/mol. The Balaban J connectivity index is 1.61. The Bertz CT molecular complexity index is 860. The molecule has 160 valence electrons. The van der Waals surface area contributed by atoms with E-state index in [0.717, 1.165) is 42.1 Å². The lowest BCUT2D eigenvalue weighted by atomic mass is 10.1. The molecule has 1 fully saturated rings. The van der Waals surface area contributed by atoms with E-state index in [1.165, 1.54) is 30.6 Å². The van der Waals surface area contributed by atoms with Gasteiger partial charge in [-0.1, -0.05) is 50.1 Å². The molecule has 2 aromatic rings. The van der Waals surface area contributed by atoms with Gasteiger partial charge in [0.25, 0.3) is 0 Å². The second kappa shape index (κ2) is 10.7. The van der Waals surface area contributed by atoms with E-state index in [0.29, 0.717) is 0 Å². The second-order valence-corrected chi connectivity index (χ2v) is 7.76. The molecule has 1 heterocycles. The van der Waals surface area contributed by atoms with Crippen molar-refractivity contribution in [3.05, 3.63) is 54.1 Å². The Hall–Kier alpha value is -3.02. The van der Waals surface area contributed by atoms with Gasteiger partial charge in [0.2, 0.25) is 5.91 Å². The summed E-state index contributed by atoms with van der Waals surface area (Å²) in [7, 11) is 1.63. The number of nitrogens with zero attached hydrogens (tertiary/aromatic N) is 2. The van der Waals surface area contributed by atoms with E-state index in [4.69, 9.17) is 0 Å². The van der Waals surface area contributed by atoms with Crippen molar-refractivity contribution in [2.75, 3.05) is 42.2 Å². The molecule has 2 aromatic carbocycles. The summed E-state index contributed by atoms with van der Waals surface area (Å²) in [5.74, 6) is -0.214. The maximum Gasteiger partial charge on any atom is 0.322 e. The van der Waals surface area contributed by atoms with Crippen molar-refractivity contribution in [1.82, 2.24) is 4.90 Å². The van der Waals surface area contributed by atoms with Crippen LogP contribution in [0.5, 0.6) is 0 Å². The fraction of sp³-hybridized carbons (Fsp3) is 0.417. The van der Waals surface area contributed by atoms with Crippen LogP contribution in [0.2, 0.25) is 0 Å². The Labute approximate surface area is 179 Å². The van der Waals surface area contributed by atoms with Gasteiger partial charge in [-0.05, 0) is 43.0 Å². The summed E-state index contributed by atoms with van der Waals surface area (Å²) in [6.07, 6.45) is 5.68. The summed E-state index contributed by atoms with van der Waals surface area (Å²) >= 11 is 0. The maximum atomic E-state index is 12.7. The van der Waals surface area contributed by atoms with Crippen molar-refractivity contribution in [2.45, 2.75) is 39.0 Å². The second-order valence-electron chi connectivity index (χ2n) is 7.76. The minimum atomic E-state index is -0.295. The summed E-state index contributed by atoms with van der Waals surface area (Å²) in [5, 5.41) is 5.90. The Kier molecular flexibility index (Phi) is 7.71. The van der Waals surface area contributed by atoms with Gasteiger partial charge in [-0.25, -0.2) is 4.79 Å². The maximum absolute atomic E-state index is 12.7. The smallest absolute Gasteiger partial charge is 0.322 e. The molecule has 2 N–H and O–H groups in total. The quantitative estimate of drug-likeness (QED) is 0.726. The van der Waals surface area contributed by atoms with E-state index < -0.39 is 0 Å². The molecule has 1 aliphatic rings. The molecule has 0 unspecified atom stereocenters. The van der Waals surface area contributed by atoms with Crippen molar-refractivity contribution < 1.29 is 9.59 Å². The molecule has 0 aromatic heterocycles. The van der Waals surface area contributed by atoms with Crippen LogP contribution in [-0.4, -0.2) is 43.5 Å². The number of likely N-dealkylation sites (N-methyl/N-ethyl adjacent to an activating group) is 1. The van der Waals surface area contributed by atoms with E-state index in [-0.39, 0.29) is 18.5 Å². The predicted octanol–water partition coefficient (Wildman–Crippen LogP) is 4.73. The highest BCUT2D eigenvalue weighted by Gasteiger charge is 2.18. The Morgan fingerprint density at radius 2 is 1.53 bits per heavy atom. The molecule has 1 aliphatic heterocycles. The van der Waals surface area contributed by atoms with E-state index >= 15 is 0 Å². The first kappa shape index (κ1) is 21.7. The molecule has 0 atom stereocenters. The number of rotatable bonds is 6. The van der Waals surface area contributed by atoms with Gasteiger partial charge in [0.15, 0.2) is 0 Å². The summed E-state index contributed by atoms with van der Waals surface area (Å²) in [5.41, 5.74) is 3.70. The van der Waals surface area contributed by atoms with Gasteiger partial charge in [0.1, 0.15) is 6.54 Å². The molecule has 1 saturated heterocycles. The number of carbonyl (C=O) groups excluding carboxylic acids is 2. The van der Waals surface area contributed by atoms with Gasteiger partial charge < -0.3 is 20.4 Å². The zero-order valence-electron chi connectivity index (χ0n) is 18.0. The van der Waals surface area contributed by atoms with Crippen molar-refractivity contribution in [3.8, 4) is 0 Å². The highest BCUT2D eigenvalue weighted by Crippen LogP contribution is 2.28. The van der Waals surface area contributed by atoms with Crippen LogP contribution in [0.1, 0.15) is 38.2 Å². The minimum absolute atomic E-state index is 0.0181. The van der Waals surface area contributed by atoms with E-state index in [1.807, 2.05) is 49.4 Å². The van der Waals surface area contributed by atoms with Crippen molar-refractivity contribution in [2.24, 2.45) is 0 Å². The molecule has 0 radical (unpaired) electrons. The number of para-hydroxylation sites is 3. The lowest BCUT2D eigenvalue weighted by Gasteiger charge is -2.26. The van der Waals surface area contributed by atoms with Crippen LogP contribution in [0.25, 0.3) is 0 Å². The zero-order valence-corrected chi connectivity index (χ0v) is 18.0. The van der Waals surface area contributed by atoms with Gasteiger partial charge in [-0.3, -0.25) is 4.79 Å². The van der Waals surface area contributed by atoms with Crippen LogP contribution in [-0.2, 0) is 11.2 Å². The monoisotopic (exact) mass is 408 g/mol. The summed E-state index contributed by atoms with van der Waals surface area (Å²) < 4.78 is 0. The minimum Gasteiger partial charge on any atom is -0.370 e. The Morgan fingerprint density at radius 1 is 0.900 bits per heavy atom. The van der Waals surface area contributed by atoms with Crippen LogP contribution in [0, 0.1) is 0 Å². The van der Waals surface area contributed by atoms with Crippen molar-refractivity contribution >= 4 is 29.0 Å². The number of amides is 3. The first-order chi connectivity index (χ1) is 14.6. The SMILES string of the molecule is CCc1ccccc1NC(=O)CN(C)C(=O)Nc1ccccc1N1CCCCCC1. The predicted molar refractivity (Wildman–Crippen MR) is 123 cm³/mol. The van der Waals surface area contributed by atoms with E-state index in [2.05, 4.69) is 21.6 Å². The average Bonchev–Trinajstić information content (AvgIpc) is 3.04. The lowest BCUT2D eigenvalue weighted by molar-refractivity contribution is -0.116. The Morgan fingerprint density at radius 3 is 2.23 bits per heavy atom. The van der Waals surface area contributed by atoms with E-state index in [9.17, 15) is 9.59 Å². The van der Waals surface area contributed by atoms with E-state index in [1.54, 1.807) is 7.05 Å². The highest BCUT2D eigenvalue weighted by molar-refractivity contribution is 5.98. The summed E-state index contributed by atoms with van der Waals surface area (Å²) in [6.45, 7) is 4.03. The molecule has 0 spiro atoms. The van der Waals surface area contributed by atoms with Crippen LogP contribution in [0.15, 0.2) is 48.5 Å². The third-order valence-electron chi connectivity index (χ3n) is 5.49. The summed E-state index contributed by atoms with van der Waals surface area (Å²) in [4.78, 5) is 29.0. The van der Waals surface area contributed by atoms with Crippen molar-refractivity contribution in [1.29, 1.82) is 0 Å². The van der Waals surface area contributed by atoms with Crippen LogP contribution < -0.4 is 15.5 Å². The lowest BCUT2D eigenvalue weighted by Crippen LogP contribution is -2.38. The number of carbonyl (C=O) groups is 2. The van der Waals surface area contributed by atoms with Gasteiger partial charge in [-0.2, -0.15) is 0 Å². The van der Waals surface area contributed by atoms with Crippen LogP contribution in [0.4, 0.5) is 21.9 Å². The number of hydrogen-bond donors (Lipinski definition) is 2. The number of urea groups is 1. The molecule has 0 aliphatic carbocycles. The number of nitrogens with one attached hydrogen (secondary N) is 2. The van der Waals surface area contributed by atoms with Gasteiger partial charge in [-0.15, -0.1) is 0 Å². The normalized spacial score (nSPS) is 14.0. The molecule has 3 rings (SSSR count). The van der Waals surface area contributed by atoms with Crippen LogP contribution >= 0.6 is 0 Å². The fourth-order valence-corrected chi connectivity index (χ4v) is 3.80. The third-order valence-corrected chi connectivity index (χ3v) is 5.49. The number of hydrogen-bond acceptors (Lipinski definition) is 3. The molecule has 6 heteroatoms. The number of anilines is 3. The molecular formula is C24H32N4O2. The highest BCUT2D eigenvalue weighted by atomic mass is 16.2. The first-order valence-corrected chi connectivity index (χ1v) is 10.8. The fourth-order valence-electron chi connectivity index (χ4n) is 3.80. The molecule has 0 bridgehead atoms. The molecular weight excluding hydrogens is 376 g/mol. The first-order valence-electron chi connectivity index (χ1n) is 10.8. The summed E-state index contributed by atoms with van der Waals surface area (Å²) in [6, 6.07) is 15.3. The van der Waals surface area contributed by atoms with Gasteiger partial charge in [0.05, 0.1) is 11.4 Å². The molecule has 30 heavy (non-hydrogen) atoms. The van der Waals surface area contributed by atoms with Crippen LogP contribution in [0.3, 0.4) is 0 Å². The number of benzene rings is 2. The standard InChI is InChI=1S/C24H32N4O2/c1-3-19-12-6-7-13-20(19)25-23(29)18-27(2)24(30)26-21-14-8-9-15-22(21)28-16-10-4-5-11-17-28/h6-9,12-15H,3-5,10-11,16-18H2,1-2H3,(H,25,29)(H,26,30). The third kappa shape index (κ3) is 5.75. The largest absolute Gasteiger partial charge is 0.370 e. The topological polar surface area (TPSA) is 64.7 Å². The molecule has 3 amide bonds. The van der Waals surface area contributed by atoms with Crippen molar-refractivity contribution in [3.63, 3.8) is 0 Å². The van der Waals surface area contributed by atoms with Gasteiger partial charge >= 0.3 is 6.03 Å². The number of aryl methyl sites for hydroxylation is 1. The molecule has 0 saturated carbocycles. The molecule has 6 nitrogen and oxygen atoms in total.